The van der Waals surface area contributed by atoms with Crippen molar-refractivity contribution in [3.05, 3.63) is 50.9 Å². The second-order valence-corrected chi connectivity index (χ2v) is 7.97. The molecule has 1 aromatic heterocycles. The van der Waals surface area contributed by atoms with Gasteiger partial charge in [0.15, 0.2) is 5.16 Å². The highest BCUT2D eigenvalue weighted by Crippen LogP contribution is 2.32. The van der Waals surface area contributed by atoms with Gasteiger partial charge in [0.05, 0.1) is 6.04 Å². The smallest absolute Gasteiger partial charge is 0.254 e. The lowest BCUT2D eigenvalue weighted by Crippen LogP contribution is -2.28. The summed E-state index contributed by atoms with van der Waals surface area (Å²) in [5, 5.41) is 3.77. The largest absolute Gasteiger partial charge is 0.326 e. The predicted octanol–water partition coefficient (Wildman–Crippen LogP) is 3.80. The van der Waals surface area contributed by atoms with E-state index < -0.39 is 0 Å². The van der Waals surface area contributed by atoms with Crippen LogP contribution in [0.5, 0.6) is 0 Å². The molecule has 0 saturated carbocycles. The number of anilines is 1. The van der Waals surface area contributed by atoms with Gasteiger partial charge in [-0.25, -0.2) is 4.98 Å². The highest BCUT2D eigenvalue weighted by molar-refractivity contribution is 7.99. The van der Waals surface area contributed by atoms with Gasteiger partial charge in [0, 0.05) is 29.6 Å². The summed E-state index contributed by atoms with van der Waals surface area (Å²) in [6.07, 6.45) is 2.05. The standard InChI is InChI=1S/C20H25N3O2S/c1-5-6-15-9-18(25)23-16(11-26-20(23)21-15)10-17(24)22-19-13(3)7-12(2)8-14(19)4/h7-9,16H,5-6,10-11H2,1-4H3,(H,22,24). The number of hydrogen-bond donors (Lipinski definition) is 1. The van der Waals surface area contributed by atoms with Crippen molar-refractivity contribution in [2.45, 2.75) is 58.2 Å². The van der Waals surface area contributed by atoms with Crippen molar-refractivity contribution in [3.63, 3.8) is 0 Å². The van der Waals surface area contributed by atoms with Crippen molar-refractivity contribution in [2.75, 3.05) is 11.1 Å². The van der Waals surface area contributed by atoms with Crippen LogP contribution in [-0.4, -0.2) is 21.2 Å². The van der Waals surface area contributed by atoms with Gasteiger partial charge in [0.2, 0.25) is 5.91 Å². The Labute approximate surface area is 158 Å². The van der Waals surface area contributed by atoms with Crippen molar-refractivity contribution in [3.8, 4) is 0 Å². The van der Waals surface area contributed by atoms with Crippen LogP contribution >= 0.6 is 11.8 Å². The third-order valence-electron chi connectivity index (χ3n) is 4.61. The molecule has 0 saturated heterocycles. The number of amides is 1. The molecule has 0 radical (unpaired) electrons. The monoisotopic (exact) mass is 371 g/mol. The minimum atomic E-state index is -0.142. The first-order chi connectivity index (χ1) is 12.4. The maximum Gasteiger partial charge on any atom is 0.254 e. The molecule has 3 rings (SSSR count). The highest BCUT2D eigenvalue weighted by atomic mass is 32.2. The Kier molecular flexibility index (Phi) is 5.51. The average molecular weight is 372 g/mol. The molecule has 2 aromatic rings. The fourth-order valence-electron chi connectivity index (χ4n) is 3.51. The average Bonchev–Trinajstić information content (AvgIpc) is 2.94. The van der Waals surface area contributed by atoms with Crippen LogP contribution in [0.25, 0.3) is 0 Å². The van der Waals surface area contributed by atoms with Gasteiger partial charge >= 0.3 is 0 Å². The van der Waals surface area contributed by atoms with Gasteiger partial charge in [0.1, 0.15) is 0 Å². The van der Waals surface area contributed by atoms with E-state index in [0.717, 1.165) is 40.5 Å². The number of fused-ring (bicyclic) bond motifs is 1. The van der Waals surface area contributed by atoms with Crippen LogP contribution in [0.3, 0.4) is 0 Å². The minimum Gasteiger partial charge on any atom is -0.326 e. The molecular formula is C20H25N3O2S. The highest BCUT2D eigenvalue weighted by Gasteiger charge is 2.27. The molecular weight excluding hydrogens is 346 g/mol. The number of nitrogens with zero attached hydrogens (tertiary/aromatic N) is 2. The Morgan fingerprint density at radius 1 is 1.27 bits per heavy atom. The van der Waals surface area contributed by atoms with Gasteiger partial charge < -0.3 is 5.32 Å². The number of thioether (sulfide) groups is 1. The first-order valence-electron chi connectivity index (χ1n) is 9.02. The number of aryl methyl sites for hydroxylation is 4. The number of aromatic nitrogens is 2. The normalized spacial score (nSPS) is 15.8. The third kappa shape index (κ3) is 3.85. The molecule has 1 aliphatic rings. The van der Waals surface area contributed by atoms with Crippen molar-refractivity contribution < 1.29 is 4.79 Å². The molecule has 6 heteroatoms. The molecule has 1 unspecified atom stereocenters. The van der Waals surface area contributed by atoms with Crippen molar-refractivity contribution in [1.29, 1.82) is 0 Å². The fraction of sp³-hybridized carbons (Fsp3) is 0.450. The zero-order valence-corrected chi connectivity index (χ0v) is 16.6. The first kappa shape index (κ1) is 18.7. The topological polar surface area (TPSA) is 64.0 Å². The van der Waals surface area contributed by atoms with Gasteiger partial charge in [0.25, 0.3) is 5.56 Å². The van der Waals surface area contributed by atoms with E-state index >= 15 is 0 Å². The summed E-state index contributed by atoms with van der Waals surface area (Å²) < 4.78 is 1.68. The van der Waals surface area contributed by atoms with Crippen molar-refractivity contribution in [2.24, 2.45) is 0 Å². The van der Waals surface area contributed by atoms with E-state index in [1.54, 1.807) is 22.4 Å². The van der Waals surface area contributed by atoms with Crippen LogP contribution < -0.4 is 10.9 Å². The second kappa shape index (κ2) is 7.66. The van der Waals surface area contributed by atoms with E-state index in [9.17, 15) is 9.59 Å². The Bertz CT molecular complexity index is 881. The zero-order chi connectivity index (χ0) is 18.8. The van der Waals surface area contributed by atoms with Gasteiger partial charge in [-0.05, 0) is 38.3 Å². The summed E-state index contributed by atoms with van der Waals surface area (Å²) >= 11 is 1.56. The molecule has 0 aliphatic carbocycles. The first-order valence-corrected chi connectivity index (χ1v) is 10.0. The maximum absolute atomic E-state index is 12.6. The Balaban J connectivity index is 1.76. The Hall–Kier alpha value is -2.08. The Morgan fingerprint density at radius 3 is 2.62 bits per heavy atom. The molecule has 138 valence electrons. The van der Waals surface area contributed by atoms with Crippen LogP contribution in [0, 0.1) is 20.8 Å². The van der Waals surface area contributed by atoms with E-state index in [0.29, 0.717) is 5.75 Å². The molecule has 1 aliphatic heterocycles. The number of rotatable bonds is 5. The van der Waals surface area contributed by atoms with Crippen LogP contribution in [0.2, 0.25) is 0 Å². The van der Waals surface area contributed by atoms with Crippen LogP contribution in [0.15, 0.2) is 28.2 Å². The summed E-state index contributed by atoms with van der Waals surface area (Å²) in [5.41, 5.74) is 4.95. The number of nitrogens with one attached hydrogen (secondary N) is 1. The maximum atomic E-state index is 12.6. The van der Waals surface area contributed by atoms with E-state index in [2.05, 4.69) is 29.4 Å². The number of carbonyl (C=O) groups excluding carboxylic acids is 1. The Morgan fingerprint density at radius 2 is 1.96 bits per heavy atom. The lowest BCUT2D eigenvalue weighted by molar-refractivity contribution is -0.116. The van der Waals surface area contributed by atoms with Gasteiger partial charge in [-0.3, -0.25) is 14.2 Å². The molecule has 0 fully saturated rings. The lowest BCUT2D eigenvalue weighted by atomic mass is 10.0. The van der Waals surface area contributed by atoms with E-state index in [4.69, 9.17) is 0 Å². The molecule has 1 aromatic carbocycles. The van der Waals surface area contributed by atoms with E-state index in [-0.39, 0.29) is 23.9 Å². The molecule has 5 nitrogen and oxygen atoms in total. The minimum absolute atomic E-state index is 0.0519. The molecule has 0 bridgehead atoms. The van der Waals surface area contributed by atoms with Crippen LogP contribution in [0.4, 0.5) is 5.69 Å². The van der Waals surface area contributed by atoms with Gasteiger partial charge in [-0.1, -0.05) is 42.8 Å². The SMILES string of the molecule is CCCc1cc(=O)n2c(n1)SCC2CC(=O)Nc1c(C)cc(C)cc1C. The molecule has 1 amide bonds. The quantitative estimate of drug-likeness (QED) is 0.812. The summed E-state index contributed by atoms with van der Waals surface area (Å²) in [7, 11) is 0. The van der Waals surface area contributed by atoms with Crippen molar-refractivity contribution in [1.82, 2.24) is 9.55 Å². The molecule has 1 N–H and O–H groups in total. The third-order valence-corrected chi connectivity index (χ3v) is 5.71. The van der Waals surface area contributed by atoms with E-state index in [1.165, 1.54) is 5.56 Å². The summed E-state index contributed by atoms with van der Waals surface area (Å²) in [4.78, 5) is 29.7. The van der Waals surface area contributed by atoms with Gasteiger partial charge in [-0.15, -0.1) is 0 Å². The summed E-state index contributed by atoms with van der Waals surface area (Å²) in [5.74, 6) is 0.639. The second-order valence-electron chi connectivity index (χ2n) is 6.98. The predicted molar refractivity (Wildman–Crippen MR) is 106 cm³/mol. The molecule has 2 heterocycles. The number of benzene rings is 1. The fourth-order valence-corrected chi connectivity index (χ4v) is 4.68. The summed E-state index contributed by atoms with van der Waals surface area (Å²) in [6, 6.07) is 5.59. The molecule has 26 heavy (non-hydrogen) atoms. The zero-order valence-electron chi connectivity index (χ0n) is 15.8. The van der Waals surface area contributed by atoms with E-state index in [1.807, 2.05) is 20.8 Å². The van der Waals surface area contributed by atoms with Crippen LogP contribution in [-0.2, 0) is 11.2 Å². The number of carbonyl (C=O) groups is 1. The van der Waals surface area contributed by atoms with Crippen LogP contribution in [0.1, 0.15) is 48.2 Å². The molecule has 0 spiro atoms. The lowest BCUT2D eigenvalue weighted by Gasteiger charge is -2.16. The van der Waals surface area contributed by atoms with Crippen molar-refractivity contribution >= 4 is 23.4 Å². The number of hydrogen-bond acceptors (Lipinski definition) is 4. The van der Waals surface area contributed by atoms with Gasteiger partial charge in [-0.2, -0.15) is 0 Å². The summed E-state index contributed by atoms with van der Waals surface area (Å²) in [6.45, 7) is 8.12. The molecule has 1 atom stereocenters.